The van der Waals surface area contributed by atoms with E-state index in [1.165, 1.54) is 11.3 Å². The van der Waals surface area contributed by atoms with Crippen LogP contribution in [0, 0.1) is 11.3 Å². The topological polar surface area (TPSA) is 79.2 Å². The first kappa shape index (κ1) is 14.5. The van der Waals surface area contributed by atoms with Crippen LogP contribution >= 0.6 is 11.3 Å². The van der Waals surface area contributed by atoms with Crippen molar-refractivity contribution in [1.82, 2.24) is 5.32 Å². The van der Waals surface area contributed by atoms with Crippen molar-refractivity contribution in [2.75, 3.05) is 6.61 Å². The average molecular weight is 292 g/mol. The lowest BCUT2D eigenvalue weighted by Crippen LogP contribution is -2.46. The maximum absolute atomic E-state index is 11.7. The Balaban J connectivity index is 1.75. The second-order valence-electron chi connectivity index (χ2n) is 4.92. The van der Waals surface area contributed by atoms with Crippen LogP contribution in [0.25, 0.3) is 0 Å². The molecule has 0 bridgehead atoms. The van der Waals surface area contributed by atoms with Gasteiger partial charge in [0.15, 0.2) is 6.61 Å². The smallest absolute Gasteiger partial charge is 0.310 e. The molecular formula is C14H16N2O3S. The van der Waals surface area contributed by atoms with Crippen LogP contribution in [0.2, 0.25) is 0 Å². The van der Waals surface area contributed by atoms with Crippen LogP contribution in [0.4, 0.5) is 0 Å². The third-order valence-electron chi connectivity index (χ3n) is 3.34. The Morgan fingerprint density at radius 3 is 2.80 bits per heavy atom. The summed E-state index contributed by atoms with van der Waals surface area (Å²) < 4.78 is 4.92. The van der Waals surface area contributed by atoms with Gasteiger partial charge >= 0.3 is 5.97 Å². The molecule has 0 saturated heterocycles. The number of ether oxygens (including phenoxy) is 1. The van der Waals surface area contributed by atoms with Crippen LogP contribution in [0.15, 0.2) is 16.8 Å². The Hall–Kier alpha value is -1.87. The van der Waals surface area contributed by atoms with Gasteiger partial charge in [0.05, 0.1) is 12.5 Å². The van der Waals surface area contributed by atoms with E-state index in [0.29, 0.717) is 12.8 Å². The van der Waals surface area contributed by atoms with Crippen molar-refractivity contribution < 1.29 is 14.3 Å². The van der Waals surface area contributed by atoms with Crippen LogP contribution in [0.3, 0.4) is 0 Å². The molecule has 1 aromatic rings. The summed E-state index contributed by atoms with van der Waals surface area (Å²) >= 11 is 1.51. The fourth-order valence-corrected chi connectivity index (χ4v) is 2.97. The predicted octanol–water partition coefficient (Wildman–Crippen LogP) is 1.79. The number of hydrogen-bond donors (Lipinski definition) is 1. The molecule has 5 nitrogen and oxygen atoms in total. The number of amides is 1. The van der Waals surface area contributed by atoms with E-state index in [1.54, 1.807) is 0 Å². The lowest BCUT2D eigenvalue weighted by Gasteiger charge is -2.21. The Labute approximate surface area is 121 Å². The standard InChI is InChI=1S/C14H16N2O3S/c15-10-14(4-1-2-5-14)16-12(17)8-19-13(18)7-11-3-6-20-9-11/h3,6,9H,1-2,4-5,7-8H2,(H,16,17). The summed E-state index contributed by atoms with van der Waals surface area (Å²) in [5.41, 5.74) is 0.112. The van der Waals surface area contributed by atoms with Crippen molar-refractivity contribution in [2.24, 2.45) is 0 Å². The molecule has 0 aromatic carbocycles. The predicted molar refractivity (Wildman–Crippen MR) is 73.9 cm³/mol. The van der Waals surface area contributed by atoms with Gasteiger partial charge in [-0.15, -0.1) is 0 Å². The number of carbonyl (C=O) groups is 2. The fourth-order valence-electron chi connectivity index (χ4n) is 2.30. The Bertz CT molecular complexity index is 513. The highest BCUT2D eigenvalue weighted by Crippen LogP contribution is 2.28. The van der Waals surface area contributed by atoms with Gasteiger partial charge in [0.2, 0.25) is 0 Å². The Morgan fingerprint density at radius 1 is 1.45 bits per heavy atom. The minimum atomic E-state index is -0.767. The van der Waals surface area contributed by atoms with Crippen molar-refractivity contribution in [1.29, 1.82) is 5.26 Å². The lowest BCUT2D eigenvalue weighted by molar-refractivity contribution is -0.148. The Kier molecular flexibility index (Phi) is 4.74. The number of hydrogen-bond acceptors (Lipinski definition) is 5. The highest BCUT2D eigenvalue weighted by Gasteiger charge is 2.35. The van der Waals surface area contributed by atoms with Crippen LogP contribution < -0.4 is 5.32 Å². The van der Waals surface area contributed by atoms with Crippen LogP contribution in [-0.4, -0.2) is 24.0 Å². The molecule has 1 N–H and O–H groups in total. The van der Waals surface area contributed by atoms with Crippen molar-refractivity contribution in [3.8, 4) is 6.07 Å². The normalized spacial score (nSPS) is 16.4. The number of rotatable bonds is 5. The van der Waals surface area contributed by atoms with E-state index in [4.69, 9.17) is 10.00 Å². The highest BCUT2D eigenvalue weighted by molar-refractivity contribution is 7.07. The molecule has 0 aliphatic heterocycles. The van der Waals surface area contributed by atoms with E-state index in [1.807, 2.05) is 16.8 Å². The number of nitrogens with zero attached hydrogens (tertiary/aromatic N) is 1. The largest absolute Gasteiger partial charge is 0.455 e. The number of carbonyl (C=O) groups excluding carboxylic acids is 2. The van der Waals surface area contributed by atoms with Crippen molar-refractivity contribution >= 4 is 23.2 Å². The van der Waals surface area contributed by atoms with E-state index in [-0.39, 0.29) is 13.0 Å². The SMILES string of the molecule is N#CC1(NC(=O)COC(=O)Cc2ccsc2)CCCC1. The molecule has 1 amide bonds. The zero-order chi connectivity index (χ0) is 14.4. The van der Waals surface area contributed by atoms with Crippen LogP contribution in [0.5, 0.6) is 0 Å². The summed E-state index contributed by atoms with van der Waals surface area (Å²) in [6.07, 6.45) is 3.37. The summed E-state index contributed by atoms with van der Waals surface area (Å²) in [7, 11) is 0. The first-order valence-electron chi connectivity index (χ1n) is 6.52. The van der Waals surface area contributed by atoms with Gasteiger partial charge in [-0.25, -0.2) is 0 Å². The van der Waals surface area contributed by atoms with Gasteiger partial charge in [0.25, 0.3) is 5.91 Å². The summed E-state index contributed by atoms with van der Waals surface area (Å²) in [6.45, 7) is -0.327. The molecule has 6 heteroatoms. The van der Waals surface area contributed by atoms with E-state index in [2.05, 4.69) is 11.4 Å². The molecule has 0 unspecified atom stereocenters. The van der Waals surface area contributed by atoms with Gasteiger partial charge in [-0.1, -0.05) is 0 Å². The molecule has 0 atom stereocenters. The van der Waals surface area contributed by atoms with E-state index in [0.717, 1.165) is 18.4 Å². The van der Waals surface area contributed by atoms with E-state index in [9.17, 15) is 9.59 Å². The van der Waals surface area contributed by atoms with E-state index < -0.39 is 17.4 Å². The van der Waals surface area contributed by atoms with Gasteiger partial charge in [-0.2, -0.15) is 16.6 Å². The summed E-state index contributed by atoms with van der Waals surface area (Å²) in [4.78, 5) is 23.3. The van der Waals surface area contributed by atoms with Gasteiger partial charge < -0.3 is 10.1 Å². The molecule has 1 saturated carbocycles. The molecule has 2 rings (SSSR count). The van der Waals surface area contributed by atoms with Gasteiger partial charge in [-0.3, -0.25) is 9.59 Å². The fraction of sp³-hybridized carbons (Fsp3) is 0.500. The minimum Gasteiger partial charge on any atom is -0.455 e. The highest BCUT2D eigenvalue weighted by atomic mass is 32.1. The number of esters is 1. The quantitative estimate of drug-likeness (QED) is 0.839. The van der Waals surface area contributed by atoms with Gasteiger partial charge in [-0.05, 0) is 48.1 Å². The first-order valence-corrected chi connectivity index (χ1v) is 7.47. The second kappa shape index (κ2) is 6.53. The molecule has 0 radical (unpaired) electrons. The maximum atomic E-state index is 11.7. The summed E-state index contributed by atoms with van der Waals surface area (Å²) in [5.74, 6) is -0.844. The van der Waals surface area contributed by atoms with Crippen LogP contribution in [-0.2, 0) is 20.7 Å². The molecule has 0 spiro atoms. The average Bonchev–Trinajstić information content (AvgIpc) is 3.09. The third kappa shape index (κ3) is 3.81. The van der Waals surface area contributed by atoms with Crippen LogP contribution in [0.1, 0.15) is 31.2 Å². The zero-order valence-corrected chi connectivity index (χ0v) is 11.9. The number of nitrogens with one attached hydrogen (secondary N) is 1. The molecule has 1 aliphatic rings. The van der Waals surface area contributed by atoms with Crippen molar-refractivity contribution in [3.63, 3.8) is 0 Å². The second-order valence-corrected chi connectivity index (χ2v) is 5.70. The van der Waals surface area contributed by atoms with Crippen molar-refractivity contribution in [3.05, 3.63) is 22.4 Å². The molecular weight excluding hydrogens is 276 g/mol. The van der Waals surface area contributed by atoms with Crippen molar-refractivity contribution in [2.45, 2.75) is 37.6 Å². The zero-order valence-electron chi connectivity index (χ0n) is 11.1. The summed E-state index contributed by atoms with van der Waals surface area (Å²) in [6, 6.07) is 4.00. The molecule has 106 valence electrons. The van der Waals surface area contributed by atoms with Gasteiger partial charge in [0.1, 0.15) is 5.54 Å². The first-order chi connectivity index (χ1) is 9.63. The van der Waals surface area contributed by atoms with E-state index >= 15 is 0 Å². The van der Waals surface area contributed by atoms with Gasteiger partial charge in [0, 0.05) is 0 Å². The monoisotopic (exact) mass is 292 g/mol. The molecule has 1 aliphatic carbocycles. The molecule has 20 heavy (non-hydrogen) atoms. The number of thiophene rings is 1. The summed E-state index contributed by atoms with van der Waals surface area (Å²) in [5, 5.41) is 15.6. The molecule has 1 fully saturated rings. The molecule has 1 aromatic heterocycles. The lowest BCUT2D eigenvalue weighted by atomic mass is 10.00. The minimum absolute atomic E-state index is 0.167. The Morgan fingerprint density at radius 2 is 2.20 bits per heavy atom. The third-order valence-corrected chi connectivity index (χ3v) is 4.07. The molecule has 1 heterocycles. The number of nitriles is 1. The maximum Gasteiger partial charge on any atom is 0.310 e.